The van der Waals surface area contributed by atoms with Crippen LogP contribution in [0.15, 0.2) is 36.4 Å². The van der Waals surface area contributed by atoms with Gasteiger partial charge in [-0.05, 0) is 65.4 Å². The molecular weight excluding hydrogens is 396 g/mol. The smallest absolute Gasteiger partial charge is 0.255 e. The van der Waals surface area contributed by atoms with E-state index in [0.717, 1.165) is 9.13 Å². The number of benzene rings is 2. The second-order valence-electron chi connectivity index (χ2n) is 4.00. The van der Waals surface area contributed by atoms with Gasteiger partial charge >= 0.3 is 0 Å². The quantitative estimate of drug-likeness (QED) is 0.687. The van der Waals surface area contributed by atoms with Crippen molar-refractivity contribution in [3.63, 3.8) is 0 Å². The van der Waals surface area contributed by atoms with Gasteiger partial charge in [-0.15, -0.1) is 0 Å². The first-order chi connectivity index (χ1) is 8.99. The molecule has 2 rings (SSSR count). The van der Waals surface area contributed by atoms with Crippen molar-refractivity contribution < 1.29 is 4.79 Å². The molecule has 2 aromatic carbocycles. The summed E-state index contributed by atoms with van der Waals surface area (Å²) >= 11 is 14.1. The fourth-order valence-electron chi connectivity index (χ4n) is 1.57. The van der Waals surface area contributed by atoms with Gasteiger partial charge in [-0.1, -0.05) is 29.3 Å². The van der Waals surface area contributed by atoms with Gasteiger partial charge in [-0.3, -0.25) is 4.79 Å². The number of halogens is 3. The second kappa shape index (κ2) is 6.11. The van der Waals surface area contributed by atoms with Crippen molar-refractivity contribution in [2.24, 2.45) is 0 Å². The number of nitrogens with one attached hydrogen (secondary N) is 1. The SMILES string of the molecule is Cc1c(Cl)cccc1NC(=O)c1ccc(I)c(Cl)c1. The molecule has 0 aliphatic rings. The summed E-state index contributed by atoms with van der Waals surface area (Å²) in [5.74, 6) is -0.205. The van der Waals surface area contributed by atoms with Crippen LogP contribution < -0.4 is 5.32 Å². The van der Waals surface area contributed by atoms with Gasteiger partial charge in [0.15, 0.2) is 0 Å². The summed E-state index contributed by atoms with van der Waals surface area (Å²) in [5.41, 5.74) is 2.06. The maximum Gasteiger partial charge on any atom is 0.255 e. The van der Waals surface area contributed by atoms with Crippen LogP contribution in [0.3, 0.4) is 0 Å². The summed E-state index contributed by atoms with van der Waals surface area (Å²) in [4.78, 5) is 12.1. The molecule has 1 amide bonds. The molecule has 0 unspecified atom stereocenters. The fraction of sp³-hybridized carbons (Fsp3) is 0.0714. The summed E-state index contributed by atoms with van der Waals surface area (Å²) in [7, 11) is 0. The molecule has 2 nitrogen and oxygen atoms in total. The number of anilines is 1. The van der Waals surface area contributed by atoms with Gasteiger partial charge in [-0.2, -0.15) is 0 Å². The molecule has 0 radical (unpaired) electrons. The molecule has 0 saturated carbocycles. The molecule has 98 valence electrons. The van der Waals surface area contributed by atoms with Gasteiger partial charge in [0.2, 0.25) is 0 Å². The monoisotopic (exact) mass is 405 g/mol. The molecule has 0 aromatic heterocycles. The maximum atomic E-state index is 12.1. The molecule has 0 atom stereocenters. The summed E-state index contributed by atoms with van der Waals surface area (Å²) in [6.45, 7) is 1.86. The van der Waals surface area contributed by atoms with E-state index in [0.29, 0.717) is 21.3 Å². The van der Waals surface area contributed by atoms with Crippen LogP contribution in [-0.4, -0.2) is 5.91 Å². The van der Waals surface area contributed by atoms with Crippen LogP contribution in [0.4, 0.5) is 5.69 Å². The summed E-state index contributed by atoms with van der Waals surface area (Å²) in [5, 5.41) is 4.02. The maximum absolute atomic E-state index is 12.1. The number of rotatable bonds is 2. The Balaban J connectivity index is 2.26. The van der Waals surface area contributed by atoms with E-state index in [1.165, 1.54) is 0 Å². The molecule has 5 heteroatoms. The molecule has 0 bridgehead atoms. The van der Waals surface area contributed by atoms with Crippen LogP contribution in [0.1, 0.15) is 15.9 Å². The number of carbonyl (C=O) groups is 1. The van der Waals surface area contributed by atoms with Crippen molar-refractivity contribution >= 4 is 57.4 Å². The summed E-state index contributed by atoms with van der Waals surface area (Å²) in [6, 6.07) is 10.6. The van der Waals surface area contributed by atoms with Crippen molar-refractivity contribution in [3.05, 3.63) is 61.1 Å². The third kappa shape index (κ3) is 3.41. The highest BCUT2D eigenvalue weighted by Crippen LogP contribution is 2.24. The lowest BCUT2D eigenvalue weighted by atomic mass is 10.1. The first-order valence-electron chi connectivity index (χ1n) is 5.50. The predicted octanol–water partition coefficient (Wildman–Crippen LogP) is 5.16. The molecule has 0 aliphatic heterocycles. The molecule has 0 saturated heterocycles. The van der Waals surface area contributed by atoms with Gasteiger partial charge < -0.3 is 5.32 Å². The Kier molecular flexibility index (Phi) is 4.71. The average molecular weight is 406 g/mol. The standard InChI is InChI=1S/C14H10Cl2INO/c1-8-10(15)3-2-4-13(8)18-14(19)9-5-6-12(17)11(16)7-9/h2-7H,1H3,(H,18,19). The molecule has 2 aromatic rings. The normalized spacial score (nSPS) is 10.3. The van der Waals surface area contributed by atoms with E-state index >= 15 is 0 Å². The lowest BCUT2D eigenvalue weighted by molar-refractivity contribution is 0.102. The van der Waals surface area contributed by atoms with Crippen LogP contribution >= 0.6 is 45.8 Å². The van der Waals surface area contributed by atoms with Crippen LogP contribution in [0.25, 0.3) is 0 Å². The number of hydrogen-bond donors (Lipinski definition) is 1. The second-order valence-corrected chi connectivity index (χ2v) is 5.97. The molecule has 0 heterocycles. The Morgan fingerprint density at radius 2 is 1.89 bits per heavy atom. The highest BCUT2D eigenvalue weighted by atomic mass is 127. The largest absolute Gasteiger partial charge is 0.322 e. The Hall–Kier alpha value is -0.780. The van der Waals surface area contributed by atoms with Gasteiger partial charge in [0.1, 0.15) is 0 Å². The number of hydrogen-bond acceptors (Lipinski definition) is 1. The Bertz CT molecular complexity index is 643. The third-order valence-electron chi connectivity index (χ3n) is 2.70. The van der Waals surface area contributed by atoms with Crippen LogP contribution in [0, 0.1) is 10.5 Å². The van der Waals surface area contributed by atoms with Crippen molar-refractivity contribution in [1.82, 2.24) is 0 Å². The van der Waals surface area contributed by atoms with Crippen LogP contribution in [-0.2, 0) is 0 Å². The zero-order chi connectivity index (χ0) is 14.0. The van der Waals surface area contributed by atoms with Crippen molar-refractivity contribution in [3.8, 4) is 0 Å². The number of amides is 1. The predicted molar refractivity (Wildman–Crippen MR) is 88.3 cm³/mol. The Morgan fingerprint density at radius 3 is 2.58 bits per heavy atom. The van der Waals surface area contributed by atoms with Gasteiger partial charge in [0, 0.05) is 19.8 Å². The minimum Gasteiger partial charge on any atom is -0.322 e. The number of carbonyl (C=O) groups excluding carboxylic acids is 1. The van der Waals surface area contributed by atoms with Gasteiger partial charge in [-0.25, -0.2) is 0 Å². The average Bonchev–Trinajstić information content (AvgIpc) is 2.38. The van der Waals surface area contributed by atoms with E-state index < -0.39 is 0 Å². The molecule has 0 spiro atoms. The fourth-order valence-corrected chi connectivity index (χ4v) is 2.27. The highest BCUT2D eigenvalue weighted by molar-refractivity contribution is 14.1. The molecular formula is C14H10Cl2INO. The molecule has 0 aliphatic carbocycles. The van der Waals surface area contributed by atoms with Gasteiger partial charge in [0.25, 0.3) is 5.91 Å². The summed E-state index contributed by atoms with van der Waals surface area (Å²) in [6.07, 6.45) is 0. The topological polar surface area (TPSA) is 29.1 Å². The van der Waals surface area contributed by atoms with E-state index in [4.69, 9.17) is 23.2 Å². The van der Waals surface area contributed by atoms with E-state index in [-0.39, 0.29) is 5.91 Å². The molecule has 0 fully saturated rings. The zero-order valence-corrected chi connectivity index (χ0v) is 13.7. The van der Waals surface area contributed by atoms with Gasteiger partial charge in [0.05, 0.1) is 5.02 Å². The van der Waals surface area contributed by atoms with E-state index in [2.05, 4.69) is 27.9 Å². The minimum atomic E-state index is -0.205. The van der Waals surface area contributed by atoms with Crippen LogP contribution in [0.2, 0.25) is 10.0 Å². The lowest BCUT2D eigenvalue weighted by Gasteiger charge is -2.10. The minimum absolute atomic E-state index is 0.205. The van der Waals surface area contributed by atoms with Crippen molar-refractivity contribution in [2.75, 3.05) is 5.32 Å². The first kappa shape index (κ1) is 14.6. The molecule has 19 heavy (non-hydrogen) atoms. The van der Waals surface area contributed by atoms with E-state index in [1.807, 2.05) is 19.1 Å². The third-order valence-corrected chi connectivity index (χ3v) is 4.68. The van der Waals surface area contributed by atoms with Crippen molar-refractivity contribution in [1.29, 1.82) is 0 Å². The highest BCUT2D eigenvalue weighted by Gasteiger charge is 2.10. The summed E-state index contributed by atoms with van der Waals surface area (Å²) < 4.78 is 0.912. The lowest BCUT2D eigenvalue weighted by Crippen LogP contribution is -2.12. The van der Waals surface area contributed by atoms with E-state index in [1.54, 1.807) is 24.3 Å². The Morgan fingerprint density at radius 1 is 1.16 bits per heavy atom. The first-order valence-corrected chi connectivity index (χ1v) is 7.34. The Labute approximate surface area is 135 Å². The van der Waals surface area contributed by atoms with E-state index in [9.17, 15) is 4.79 Å². The van der Waals surface area contributed by atoms with Crippen LogP contribution in [0.5, 0.6) is 0 Å². The molecule has 1 N–H and O–H groups in total. The van der Waals surface area contributed by atoms with Crippen molar-refractivity contribution in [2.45, 2.75) is 6.92 Å². The zero-order valence-electron chi connectivity index (χ0n) is 10.0.